The Balaban J connectivity index is 1.39. The minimum atomic E-state index is -3.92. The average Bonchev–Trinajstić information content (AvgIpc) is 3.45. The molecule has 2 heterocycles. The Kier molecular flexibility index (Phi) is 6.06. The standard InChI is InChI=1S/C22H26FN3O3S/c23-20-9-8-18(14-21(20)30(28,29)26-11-4-5-12-26)22(27)24-15-17-10-13-25(16-17)19-6-2-1-3-7-19/h1-3,6-9,14,17H,4-5,10-13,15-16H2,(H,24,27). The number of sulfonamides is 1. The molecule has 1 unspecified atom stereocenters. The molecular weight excluding hydrogens is 405 g/mol. The number of rotatable bonds is 6. The largest absolute Gasteiger partial charge is 0.371 e. The number of hydrogen-bond acceptors (Lipinski definition) is 4. The smallest absolute Gasteiger partial charge is 0.251 e. The Morgan fingerprint density at radius 2 is 1.80 bits per heavy atom. The number of nitrogens with one attached hydrogen (secondary N) is 1. The highest BCUT2D eigenvalue weighted by Crippen LogP contribution is 2.25. The number of nitrogens with zero attached hydrogens (tertiary/aromatic N) is 2. The molecule has 1 amide bonds. The van der Waals surface area contributed by atoms with E-state index >= 15 is 0 Å². The zero-order valence-corrected chi connectivity index (χ0v) is 17.6. The normalized spacial score (nSPS) is 19.9. The van der Waals surface area contributed by atoms with E-state index in [0.29, 0.717) is 25.6 Å². The SMILES string of the molecule is O=C(NCC1CCN(c2ccccc2)C1)c1ccc(F)c(S(=O)(=O)N2CCCC2)c1. The van der Waals surface area contributed by atoms with Crippen molar-refractivity contribution in [1.29, 1.82) is 0 Å². The molecule has 0 aromatic heterocycles. The molecule has 0 spiro atoms. The molecular formula is C22H26FN3O3S. The highest BCUT2D eigenvalue weighted by Gasteiger charge is 2.30. The van der Waals surface area contributed by atoms with Crippen molar-refractivity contribution >= 4 is 21.6 Å². The van der Waals surface area contributed by atoms with Gasteiger partial charge in [-0.05, 0) is 55.5 Å². The highest BCUT2D eigenvalue weighted by molar-refractivity contribution is 7.89. The van der Waals surface area contributed by atoms with Gasteiger partial charge in [0.2, 0.25) is 10.0 Å². The Morgan fingerprint density at radius 1 is 1.07 bits per heavy atom. The molecule has 2 aliphatic rings. The molecule has 6 nitrogen and oxygen atoms in total. The number of para-hydroxylation sites is 1. The number of carbonyl (C=O) groups is 1. The Morgan fingerprint density at radius 3 is 2.53 bits per heavy atom. The van der Waals surface area contributed by atoms with E-state index in [-0.39, 0.29) is 11.5 Å². The van der Waals surface area contributed by atoms with Gasteiger partial charge in [0.1, 0.15) is 10.7 Å². The lowest BCUT2D eigenvalue weighted by Crippen LogP contribution is -2.32. The summed E-state index contributed by atoms with van der Waals surface area (Å²) in [5.74, 6) is -0.902. The monoisotopic (exact) mass is 431 g/mol. The molecule has 0 bridgehead atoms. The van der Waals surface area contributed by atoms with Crippen molar-refractivity contribution in [3.8, 4) is 0 Å². The van der Waals surface area contributed by atoms with E-state index in [1.807, 2.05) is 18.2 Å². The predicted octanol–water partition coefficient (Wildman–Crippen LogP) is 2.87. The van der Waals surface area contributed by atoms with Crippen molar-refractivity contribution in [1.82, 2.24) is 9.62 Å². The third-order valence-electron chi connectivity index (χ3n) is 5.83. The maximum absolute atomic E-state index is 14.3. The second-order valence-corrected chi connectivity index (χ2v) is 9.81. The van der Waals surface area contributed by atoms with Gasteiger partial charge in [-0.1, -0.05) is 18.2 Å². The summed E-state index contributed by atoms with van der Waals surface area (Å²) >= 11 is 0. The van der Waals surface area contributed by atoms with Crippen LogP contribution in [0.2, 0.25) is 0 Å². The fraction of sp³-hybridized carbons (Fsp3) is 0.409. The molecule has 2 saturated heterocycles. The minimum Gasteiger partial charge on any atom is -0.371 e. The van der Waals surface area contributed by atoms with Crippen LogP contribution in [-0.2, 0) is 10.0 Å². The van der Waals surface area contributed by atoms with Crippen LogP contribution in [0.1, 0.15) is 29.6 Å². The van der Waals surface area contributed by atoms with E-state index in [1.165, 1.54) is 16.1 Å². The van der Waals surface area contributed by atoms with Crippen LogP contribution >= 0.6 is 0 Å². The second-order valence-electron chi connectivity index (χ2n) is 7.90. The number of carbonyl (C=O) groups excluding carboxylic acids is 1. The van der Waals surface area contributed by atoms with Gasteiger partial charge in [0.25, 0.3) is 5.91 Å². The predicted molar refractivity (Wildman–Crippen MR) is 113 cm³/mol. The van der Waals surface area contributed by atoms with Crippen molar-refractivity contribution in [2.75, 3.05) is 37.6 Å². The van der Waals surface area contributed by atoms with Gasteiger partial charge in [-0.2, -0.15) is 4.31 Å². The van der Waals surface area contributed by atoms with Crippen molar-refractivity contribution in [3.63, 3.8) is 0 Å². The third kappa shape index (κ3) is 4.34. The third-order valence-corrected chi connectivity index (χ3v) is 7.75. The van der Waals surface area contributed by atoms with Crippen LogP contribution in [0, 0.1) is 11.7 Å². The van der Waals surface area contributed by atoms with E-state index < -0.39 is 20.7 Å². The summed E-state index contributed by atoms with van der Waals surface area (Å²) in [6.07, 6.45) is 2.50. The van der Waals surface area contributed by atoms with Gasteiger partial charge in [0.15, 0.2) is 0 Å². The van der Waals surface area contributed by atoms with Crippen LogP contribution in [0.15, 0.2) is 53.4 Å². The fourth-order valence-electron chi connectivity index (χ4n) is 4.12. The van der Waals surface area contributed by atoms with Crippen molar-refractivity contribution in [2.24, 2.45) is 5.92 Å². The van der Waals surface area contributed by atoms with Crippen LogP contribution in [-0.4, -0.2) is 51.4 Å². The van der Waals surface area contributed by atoms with E-state index in [0.717, 1.165) is 44.5 Å². The lowest BCUT2D eigenvalue weighted by Gasteiger charge is -2.19. The van der Waals surface area contributed by atoms with Gasteiger partial charge < -0.3 is 10.2 Å². The van der Waals surface area contributed by atoms with Gasteiger partial charge in [-0.15, -0.1) is 0 Å². The maximum atomic E-state index is 14.3. The van der Waals surface area contributed by atoms with Crippen molar-refractivity contribution in [2.45, 2.75) is 24.2 Å². The molecule has 0 aliphatic carbocycles. The first-order valence-corrected chi connectivity index (χ1v) is 11.8. The maximum Gasteiger partial charge on any atom is 0.251 e. The molecule has 8 heteroatoms. The first-order chi connectivity index (χ1) is 14.4. The van der Waals surface area contributed by atoms with Gasteiger partial charge in [0, 0.05) is 44.0 Å². The minimum absolute atomic E-state index is 0.159. The molecule has 2 fully saturated rings. The van der Waals surface area contributed by atoms with E-state index in [1.54, 1.807) is 0 Å². The van der Waals surface area contributed by atoms with E-state index in [4.69, 9.17) is 0 Å². The van der Waals surface area contributed by atoms with Gasteiger partial charge in [-0.25, -0.2) is 12.8 Å². The molecule has 1 N–H and O–H groups in total. The number of anilines is 1. The molecule has 2 aliphatic heterocycles. The summed E-state index contributed by atoms with van der Waals surface area (Å²) in [5, 5.41) is 2.88. The molecule has 2 aromatic carbocycles. The van der Waals surface area contributed by atoms with Gasteiger partial charge in [0.05, 0.1) is 0 Å². The first kappa shape index (κ1) is 20.8. The summed E-state index contributed by atoms with van der Waals surface area (Å²) in [5.41, 5.74) is 1.33. The van der Waals surface area contributed by atoms with E-state index in [9.17, 15) is 17.6 Å². The topological polar surface area (TPSA) is 69.7 Å². The summed E-state index contributed by atoms with van der Waals surface area (Å²) in [6, 6.07) is 13.7. The summed E-state index contributed by atoms with van der Waals surface area (Å²) in [6.45, 7) is 3.05. The van der Waals surface area contributed by atoms with Gasteiger partial charge in [-0.3, -0.25) is 4.79 Å². The number of amides is 1. The summed E-state index contributed by atoms with van der Waals surface area (Å²) < 4.78 is 41.0. The lowest BCUT2D eigenvalue weighted by atomic mass is 10.1. The summed E-state index contributed by atoms with van der Waals surface area (Å²) in [4.78, 5) is 14.5. The number of halogens is 1. The average molecular weight is 432 g/mol. The van der Waals surface area contributed by atoms with Crippen LogP contribution in [0.25, 0.3) is 0 Å². The quantitative estimate of drug-likeness (QED) is 0.764. The van der Waals surface area contributed by atoms with Crippen LogP contribution in [0.5, 0.6) is 0 Å². The van der Waals surface area contributed by atoms with Crippen molar-refractivity contribution < 1.29 is 17.6 Å². The highest BCUT2D eigenvalue weighted by atomic mass is 32.2. The number of hydrogen-bond donors (Lipinski definition) is 1. The van der Waals surface area contributed by atoms with Gasteiger partial charge >= 0.3 is 0 Å². The zero-order chi connectivity index (χ0) is 21.1. The summed E-state index contributed by atoms with van der Waals surface area (Å²) in [7, 11) is -3.92. The molecule has 4 rings (SSSR count). The second kappa shape index (κ2) is 8.73. The Hall–Kier alpha value is -2.45. The first-order valence-electron chi connectivity index (χ1n) is 10.3. The zero-order valence-electron chi connectivity index (χ0n) is 16.8. The molecule has 160 valence electrons. The Labute approximate surface area is 176 Å². The number of benzene rings is 2. The molecule has 0 saturated carbocycles. The van der Waals surface area contributed by atoms with Crippen LogP contribution in [0.4, 0.5) is 10.1 Å². The molecule has 0 radical (unpaired) electrons. The Bertz CT molecular complexity index is 1010. The molecule has 2 aromatic rings. The van der Waals surface area contributed by atoms with Crippen LogP contribution < -0.4 is 10.2 Å². The van der Waals surface area contributed by atoms with Crippen LogP contribution in [0.3, 0.4) is 0 Å². The lowest BCUT2D eigenvalue weighted by molar-refractivity contribution is 0.0948. The fourth-order valence-corrected chi connectivity index (χ4v) is 5.73. The van der Waals surface area contributed by atoms with E-state index in [2.05, 4.69) is 22.3 Å². The molecule has 1 atom stereocenters. The van der Waals surface area contributed by atoms with Crippen molar-refractivity contribution in [3.05, 3.63) is 59.9 Å². The molecule has 30 heavy (non-hydrogen) atoms.